The second-order valence-corrected chi connectivity index (χ2v) is 5.03. The molecule has 0 aliphatic heterocycles. The fourth-order valence-corrected chi connectivity index (χ4v) is 1.63. The van der Waals surface area contributed by atoms with E-state index in [1.165, 1.54) is 0 Å². The Labute approximate surface area is 96.3 Å². The van der Waals surface area contributed by atoms with Crippen molar-refractivity contribution in [2.45, 2.75) is 13.0 Å². The van der Waals surface area contributed by atoms with Crippen LogP contribution in [0.4, 0.5) is 5.69 Å². The van der Waals surface area contributed by atoms with Crippen LogP contribution in [0.2, 0.25) is 0 Å². The number of sulfonamides is 1. The Balaban J connectivity index is 0.00000196. The first-order valence-electron chi connectivity index (χ1n) is 4.22. The smallest absolute Gasteiger partial charge is 0.229 e. The molecule has 0 aliphatic carbocycles. The summed E-state index contributed by atoms with van der Waals surface area (Å²) in [6.45, 7) is 1.87. The minimum atomic E-state index is -3.19. The predicted molar refractivity (Wildman–Crippen MR) is 64.8 cm³/mol. The highest BCUT2D eigenvalue weighted by Crippen LogP contribution is 2.14. The molecule has 15 heavy (non-hydrogen) atoms. The summed E-state index contributed by atoms with van der Waals surface area (Å²) < 4.78 is 24.1. The highest BCUT2D eigenvalue weighted by Gasteiger charge is 2.02. The molecule has 0 saturated carbocycles. The third-order valence-corrected chi connectivity index (χ3v) is 2.35. The fourth-order valence-electron chi connectivity index (χ4n) is 1.07. The van der Waals surface area contributed by atoms with E-state index in [0.29, 0.717) is 5.69 Å². The Morgan fingerprint density at radius 2 is 1.73 bits per heavy atom. The number of hydrogen-bond donors (Lipinski definition) is 2. The van der Waals surface area contributed by atoms with Gasteiger partial charge in [0.15, 0.2) is 0 Å². The first kappa shape index (κ1) is 14.2. The molecule has 6 heteroatoms. The molecule has 0 heterocycles. The first-order valence-corrected chi connectivity index (χ1v) is 6.11. The van der Waals surface area contributed by atoms with E-state index in [1.807, 2.05) is 6.92 Å². The number of benzene rings is 1. The lowest BCUT2D eigenvalue weighted by molar-refractivity contribution is 0.607. The lowest BCUT2D eigenvalue weighted by Crippen LogP contribution is -2.10. The molecule has 0 saturated heterocycles. The minimum absolute atomic E-state index is 0. The summed E-state index contributed by atoms with van der Waals surface area (Å²) in [5.41, 5.74) is 7.18. The highest BCUT2D eigenvalue weighted by molar-refractivity contribution is 7.92. The van der Waals surface area contributed by atoms with Crippen LogP contribution >= 0.6 is 12.4 Å². The summed E-state index contributed by atoms with van der Waals surface area (Å²) in [7, 11) is -3.19. The zero-order chi connectivity index (χ0) is 10.8. The number of nitrogens with one attached hydrogen (secondary N) is 1. The lowest BCUT2D eigenvalue weighted by Gasteiger charge is -2.07. The second-order valence-electron chi connectivity index (χ2n) is 3.28. The quantitative estimate of drug-likeness (QED) is 0.854. The van der Waals surface area contributed by atoms with E-state index in [1.54, 1.807) is 24.3 Å². The van der Waals surface area contributed by atoms with Crippen molar-refractivity contribution in [2.24, 2.45) is 5.73 Å². The molecule has 0 unspecified atom stereocenters. The van der Waals surface area contributed by atoms with E-state index in [2.05, 4.69) is 4.72 Å². The molecule has 0 amide bonds. The number of rotatable bonds is 3. The first-order chi connectivity index (χ1) is 6.38. The number of hydrogen-bond acceptors (Lipinski definition) is 3. The van der Waals surface area contributed by atoms with E-state index >= 15 is 0 Å². The Morgan fingerprint density at radius 1 is 1.27 bits per heavy atom. The molecule has 0 fully saturated rings. The average molecular weight is 251 g/mol. The van der Waals surface area contributed by atoms with Gasteiger partial charge in [-0.1, -0.05) is 12.1 Å². The summed E-state index contributed by atoms with van der Waals surface area (Å²) in [6.07, 6.45) is 1.12. The molecule has 1 aromatic rings. The summed E-state index contributed by atoms with van der Waals surface area (Å²) in [5.74, 6) is 0. The van der Waals surface area contributed by atoms with Crippen molar-refractivity contribution < 1.29 is 8.42 Å². The molecule has 1 aromatic carbocycles. The third-order valence-electron chi connectivity index (χ3n) is 1.74. The molecule has 1 rings (SSSR count). The Hall–Kier alpha value is -0.780. The van der Waals surface area contributed by atoms with Gasteiger partial charge in [-0.05, 0) is 24.6 Å². The van der Waals surface area contributed by atoms with Gasteiger partial charge < -0.3 is 5.73 Å². The van der Waals surface area contributed by atoms with Crippen LogP contribution in [0.25, 0.3) is 0 Å². The summed E-state index contributed by atoms with van der Waals surface area (Å²) >= 11 is 0. The number of nitrogens with two attached hydrogens (primary N) is 1. The van der Waals surface area contributed by atoms with Gasteiger partial charge in [0.1, 0.15) is 0 Å². The average Bonchev–Trinajstić information content (AvgIpc) is 2.02. The van der Waals surface area contributed by atoms with Crippen LogP contribution in [-0.2, 0) is 10.0 Å². The minimum Gasteiger partial charge on any atom is -0.324 e. The standard InChI is InChI=1S/C9H14N2O2S.ClH/c1-7(10)8-3-5-9(6-4-8)11-14(2,12)13;/h3-7,11H,10H2,1-2H3;1H/t7-;/m1./s1. The highest BCUT2D eigenvalue weighted by atomic mass is 35.5. The van der Waals surface area contributed by atoms with Crippen molar-refractivity contribution >= 4 is 28.1 Å². The van der Waals surface area contributed by atoms with Crippen molar-refractivity contribution in [2.75, 3.05) is 11.0 Å². The third kappa shape index (κ3) is 5.01. The van der Waals surface area contributed by atoms with Gasteiger partial charge in [0.25, 0.3) is 0 Å². The van der Waals surface area contributed by atoms with E-state index in [0.717, 1.165) is 11.8 Å². The maximum atomic E-state index is 10.9. The lowest BCUT2D eigenvalue weighted by atomic mass is 10.1. The van der Waals surface area contributed by atoms with Crippen LogP contribution in [0.15, 0.2) is 24.3 Å². The SMILES string of the molecule is C[C@@H](N)c1ccc(NS(C)(=O)=O)cc1.Cl. The molecule has 3 N–H and O–H groups in total. The summed E-state index contributed by atoms with van der Waals surface area (Å²) in [4.78, 5) is 0. The maximum Gasteiger partial charge on any atom is 0.229 e. The van der Waals surface area contributed by atoms with Crippen molar-refractivity contribution in [3.8, 4) is 0 Å². The van der Waals surface area contributed by atoms with E-state index in [9.17, 15) is 8.42 Å². The normalized spacial score (nSPS) is 12.7. The van der Waals surface area contributed by atoms with Crippen LogP contribution in [0, 0.1) is 0 Å². The van der Waals surface area contributed by atoms with E-state index in [-0.39, 0.29) is 18.4 Å². The Kier molecular flexibility index (Phi) is 5.07. The molecular formula is C9H15ClN2O2S. The van der Waals surface area contributed by atoms with Gasteiger partial charge in [-0.3, -0.25) is 4.72 Å². The molecule has 0 aliphatic rings. The van der Waals surface area contributed by atoms with E-state index < -0.39 is 10.0 Å². The molecule has 0 aromatic heterocycles. The van der Waals surface area contributed by atoms with Crippen LogP contribution in [0.1, 0.15) is 18.5 Å². The van der Waals surface area contributed by atoms with Crippen molar-refractivity contribution in [1.29, 1.82) is 0 Å². The molecule has 4 nitrogen and oxygen atoms in total. The largest absolute Gasteiger partial charge is 0.324 e. The van der Waals surface area contributed by atoms with Crippen LogP contribution in [0.5, 0.6) is 0 Å². The zero-order valence-electron chi connectivity index (χ0n) is 8.60. The van der Waals surface area contributed by atoms with Crippen LogP contribution in [-0.4, -0.2) is 14.7 Å². The topological polar surface area (TPSA) is 72.2 Å². The van der Waals surface area contributed by atoms with Gasteiger partial charge in [-0.2, -0.15) is 0 Å². The Bertz CT molecular complexity index is 401. The molecule has 0 radical (unpaired) electrons. The molecular weight excluding hydrogens is 236 g/mol. The van der Waals surface area contributed by atoms with Crippen molar-refractivity contribution in [1.82, 2.24) is 0 Å². The van der Waals surface area contributed by atoms with Crippen molar-refractivity contribution in [3.63, 3.8) is 0 Å². The van der Waals surface area contributed by atoms with Crippen molar-refractivity contribution in [3.05, 3.63) is 29.8 Å². The van der Waals surface area contributed by atoms with Gasteiger partial charge in [0, 0.05) is 11.7 Å². The monoisotopic (exact) mass is 250 g/mol. The van der Waals surface area contributed by atoms with Gasteiger partial charge >= 0.3 is 0 Å². The molecule has 1 atom stereocenters. The summed E-state index contributed by atoms with van der Waals surface area (Å²) in [6, 6.07) is 6.96. The maximum absolute atomic E-state index is 10.9. The predicted octanol–water partition coefficient (Wildman–Crippen LogP) is 1.50. The van der Waals surface area contributed by atoms with E-state index in [4.69, 9.17) is 5.73 Å². The fraction of sp³-hybridized carbons (Fsp3) is 0.333. The van der Waals surface area contributed by atoms with Crippen LogP contribution < -0.4 is 10.5 Å². The number of halogens is 1. The molecule has 0 spiro atoms. The summed E-state index contributed by atoms with van der Waals surface area (Å²) in [5, 5.41) is 0. The van der Waals surface area contributed by atoms with Gasteiger partial charge in [-0.15, -0.1) is 12.4 Å². The van der Waals surface area contributed by atoms with Crippen LogP contribution in [0.3, 0.4) is 0 Å². The van der Waals surface area contributed by atoms with Gasteiger partial charge in [0.05, 0.1) is 6.26 Å². The molecule has 86 valence electrons. The zero-order valence-corrected chi connectivity index (χ0v) is 10.2. The van der Waals surface area contributed by atoms with Gasteiger partial charge in [0.2, 0.25) is 10.0 Å². The molecule has 0 bridgehead atoms. The van der Waals surface area contributed by atoms with Gasteiger partial charge in [-0.25, -0.2) is 8.42 Å². The second kappa shape index (κ2) is 5.34. The Morgan fingerprint density at radius 3 is 2.07 bits per heavy atom. The number of anilines is 1.